The van der Waals surface area contributed by atoms with Gasteiger partial charge in [0.2, 0.25) is 0 Å². The van der Waals surface area contributed by atoms with E-state index in [0.29, 0.717) is 11.8 Å². The number of unbranched alkanes of at least 4 members (excludes halogenated alkanes) is 2. The number of aliphatic hydroxyl groups excluding tert-OH is 1. The minimum absolute atomic E-state index is 0.206. The molecule has 2 rings (SSSR count). The summed E-state index contributed by atoms with van der Waals surface area (Å²) in [7, 11) is 0. The fourth-order valence-electron chi connectivity index (χ4n) is 3.35. The SMILES string of the molecule is CCCCCC(c1ccccc1)C(O)C1CCCNC1. The molecule has 3 unspecified atom stereocenters. The third-order valence-corrected chi connectivity index (χ3v) is 4.58. The molecular weight excluding hydrogens is 246 g/mol. The molecule has 1 aliphatic rings. The maximum absolute atomic E-state index is 10.8. The Morgan fingerprint density at radius 1 is 1.25 bits per heavy atom. The summed E-state index contributed by atoms with van der Waals surface area (Å²) in [5, 5.41) is 14.3. The lowest BCUT2D eigenvalue weighted by Gasteiger charge is -2.33. The fourth-order valence-corrected chi connectivity index (χ4v) is 3.35. The normalized spacial score (nSPS) is 22.4. The smallest absolute Gasteiger partial charge is 0.0648 e. The maximum atomic E-state index is 10.8. The van der Waals surface area contributed by atoms with Gasteiger partial charge in [-0.2, -0.15) is 0 Å². The molecule has 20 heavy (non-hydrogen) atoms. The van der Waals surface area contributed by atoms with Gasteiger partial charge < -0.3 is 10.4 Å². The Labute approximate surface area is 123 Å². The van der Waals surface area contributed by atoms with E-state index in [-0.39, 0.29) is 6.10 Å². The average Bonchev–Trinajstić information content (AvgIpc) is 2.53. The van der Waals surface area contributed by atoms with E-state index in [1.807, 2.05) is 0 Å². The highest BCUT2D eigenvalue weighted by Gasteiger charge is 2.29. The molecule has 1 aliphatic heterocycles. The third-order valence-electron chi connectivity index (χ3n) is 4.58. The van der Waals surface area contributed by atoms with Crippen molar-refractivity contribution in [2.24, 2.45) is 5.92 Å². The second-order valence-corrected chi connectivity index (χ2v) is 6.11. The zero-order chi connectivity index (χ0) is 14.2. The van der Waals surface area contributed by atoms with Crippen LogP contribution in [0.5, 0.6) is 0 Å². The molecule has 0 radical (unpaired) electrons. The second-order valence-electron chi connectivity index (χ2n) is 6.11. The van der Waals surface area contributed by atoms with Crippen LogP contribution in [0.25, 0.3) is 0 Å². The van der Waals surface area contributed by atoms with Crippen molar-refractivity contribution >= 4 is 0 Å². The Balaban J connectivity index is 2.04. The lowest BCUT2D eigenvalue weighted by molar-refractivity contribution is 0.0630. The van der Waals surface area contributed by atoms with Crippen LogP contribution in [0.15, 0.2) is 30.3 Å². The highest BCUT2D eigenvalue weighted by Crippen LogP contribution is 2.32. The number of piperidine rings is 1. The van der Waals surface area contributed by atoms with Crippen molar-refractivity contribution in [2.75, 3.05) is 13.1 Å². The topological polar surface area (TPSA) is 32.3 Å². The Morgan fingerprint density at radius 2 is 2.05 bits per heavy atom. The van der Waals surface area contributed by atoms with Gasteiger partial charge in [-0.1, -0.05) is 56.5 Å². The summed E-state index contributed by atoms with van der Waals surface area (Å²) in [6.07, 6.45) is 6.97. The Bertz CT molecular complexity index is 359. The molecule has 1 aromatic carbocycles. The summed E-state index contributed by atoms with van der Waals surface area (Å²) in [6, 6.07) is 10.6. The highest BCUT2D eigenvalue weighted by molar-refractivity contribution is 5.21. The molecular formula is C18H29NO. The molecule has 1 aromatic rings. The lowest BCUT2D eigenvalue weighted by atomic mass is 9.80. The van der Waals surface area contributed by atoms with Crippen LogP contribution in [-0.2, 0) is 0 Å². The predicted molar refractivity (Wildman–Crippen MR) is 84.9 cm³/mol. The van der Waals surface area contributed by atoms with Gasteiger partial charge in [-0.25, -0.2) is 0 Å². The fraction of sp³-hybridized carbons (Fsp3) is 0.667. The molecule has 0 spiro atoms. The Hall–Kier alpha value is -0.860. The number of nitrogens with one attached hydrogen (secondary N) is 1. The zero-order valence-electron chi connectivity index (χ0n) is 12.7. The number of rotatable bonds is 7. The molecule has 0 aromatic heterocycles. The predicted octanol–water partition coefficient (Wildman–Crippen LogP) is 3.71. The second kappa shape index (κ2) is 8.43. The quantitative estimate of drug-likeness (QED) is 0.744. The van der Waals surface area contributed by atoms with Crippen LogP contribution in [0.2, 0.25) is 0 Å². The first kappa shape index (κ1) is 15.5. The standard InChI is InChI=1S/C18H29NO/c1-2-3-5-12-17(15-9-6-4-7-10-15)18(20)16-11-8-13-19-14-16/h4,6-7,9-10,16-20H,2-3,5,8,11-14H2,1H3. The van der Waals surface area contributed by atoms with E-state index in [9.17, 15) is 5.11 Å². The van der Waals surface area contributed by atoms with Gasteiger partial charge in [0.05, 0.1) is 6.10 Å². The van der Waals surface area contributed by atoms with E-state index in [1.165, 1.54) is 31.2 Å². The van der Waals surface area contributed by atoms with Crippen molar-refractivity contribution in [2.45, 2.75) is 57.5 Å². The number of benzene rings is 1. The van der Waals surface area contributed by atoms with Gasteiger partial charge >= 0.3 is 0 Å². The summed E-state index contributed by atoms with van der Waals surface area (Å²) in [6.45, 7) is 4.31. The number of hydrogen-bond donors (Lipinski definition) is 2. The van der Waals surface area contributed by atoms with Crippen molar-refractivity contribution in [3.63, 3.8) is 0 Å². The summed E-state index contributed by atoms with van der Waals surface area (Å²) >= 11 is 0. The molecule has 0 aliphatic carbocycles. The van der Waals surface area contributed by atoms with Crippen LogP contribution in [0, 0.1) is 5.92 Å². The molecule has 2 N–H and O–H groups in total. The first-order valence-corrected chi connectivity index (χ1v) is 8.26. The molecule has 0 saturated carbocycles. The van der Waals surface area contributed by atoms with E-state index in [0.717, 1.165) is 25.9 Å². The van der Waals surface area contributed by atoms with Gasteiger partial charge in [0.15, 0.2) is 0 Å². The van der Waals surface area contributed by atoms with Crippen LogP contribution >= 0.6 is 0 Å². The summed E-state index contributed by atoms with van der Waals surface area (Å²) < 4.78 is 0. The average molecular weight is 275 g/mol. The van der Waals surface area contributed by atoms with Gasteiger partial charge in [-0.15, -0.1) is 0 Å². The van der Waals surface area contributed by atoms with E-state index in [4.69, 9.17) is 0 Å². The van der Waals surface area contributed by atoms with Crippen LogP contribution in [-0.4, -0.2) is 24.3 Å². The number of hydrogen-bond acceptors (Lipinski definition) is 2. The van der Waals surface area contributed by atoms with E-state index in [2.05, 4.69) is 42.6 Å². The first-order chi connectivity index (χ1) is 9.83. The van der Waals surface area contributed by atoms with Crippen LogP contribution < -0.4 is 5.32 Å². The monoisotopic (exact) mass is 275 g/mol. The van der Waals surface area contributed by atoms with Crippen LogP contribution in [0.1, 0.15) is 56.9 Å². The summed E-state index contributed by atoms with van der Waals surface area (Å²) in [4.78, 5) is 0. The largest absolute Gasteiger partial charge is 0.392 e. The third kappa shape index (κ3) is 4.32. The van der Waals surface area contributed by atoms with E-state index in [1.54, 1.807) is 0 Å². The first-order valence-electron chi connectivity index (χ1n) is 8.26. The molecule has 2 nitrogen and oxygen atoms in total. The van der Waals surface area contributed by atoms with Crippen LogP contribution in [0.3, 0.4) is 0 Å². The molecule has 1 fully saturated rings. The van der Waals surface area contributed by atoms with Gasteiger partial charge in [-0.05, 0) is 37.3 Å². The van der Waals surface area contributed by atoms with Gasteiger partial charge in [-0.3, -0.25) is 0 Å². The van der Waals surface area contributed by atoms with Crippen molar-refractivity contribution in [1.82, 2.24) is 5.32 Å². The number of aliphatic hydroxyl groups is 1. The highest BCUT2D eigenvalue weighted by atomic mass is 16.3. The lowest BCUT2D eigenvalue weighted by Crippen LogP contribution is -2.39. The van der Waals surface area contributed by atoms with Crippen molar-refractivity contribution in [1.29, 1.82) is 0 Å². The molecule has 2 heteroatoms. The van der Waals surface area contributed by atoms with Crippen LogP contribution in [0.4, 0.5) is 0 Å². The van der Waals surface area contributed by atoms with E-state index >= 15 is 0 Å². The van der Waals surface area contributed by atoms with Gasteiger partial charge in [0, 0.05) is 12.5 Å². The van der Waals surface area contributed by atoms with E-state index < -0.39 is 0 Å². The van der Waals surface area contributed by atoms with Gasteiger partial charge in [0.25, 0.3) is 0 Å². The van der Waals surface area contributed by atoms with Crippen molar-refractivity contribution < 1.29 is 5.11 Å². The summed E-state index contributed by atoms with van der Waals surface area (Å²) in [5.74, 6) is 0.711. The Kier molecular flexibility index (Phi) is 6.55. The molecule has 0 bridgehead atoms. The van der Waals surface area contributed by atoms with Crippen molar-refractivity contribution in [3.8, 4) is 0 Å². The molecule has 0 amide bonds. The molecule has 112 valence electrons. The molecule has 1 heterocycles. The molecule has 3 atom stereocenters. The minimum Gasteiger partial charge on any atom is -0.392 e. The minimum atomic E-state index is -0.206. The van der Waals surface area contributed by atoms with Crippen molar-refractivity contribution in [3.05, 3.63) is 35.9 Å². The molecule has 1 saturated heterocycles. The Morgan fingerprint density at radius 3 is 2.70 bits per heavy atom. The maximum Gasteiger partial charge on any atom is 0.0648 e. The zero-order valence-corrected chi connectivity index (χ0v) is 12.7. The summed E-state index contributed by atoms with van der Waals surface area (Å²) in [5.41, 5.74) is 1.31. The van der Waals surface area contributed by atoms with Gasteiger partial charge in [0.1, 0.15) is 0 Å².